The Kier molecular flexibility index (Phi) is 8.34. The van der Waals surface area contributed by atoms with Gasteiger partial charge in [0.15, 0.2) is 0 Å². The first-order chi connectivity index (χ1) is 7.33. The number of pyridine rings is 1. The zero-order valence-electron chi connectivity index (χ0n) is 9.79. The van der Waals surface area contributed by atoms with Gasteiger partial charge in [0.05, 0.1) is 12.2 Å². The van der Waals surface area contributed by atoms with Gasteiger partial charge in [-0.2, -0.15) is 0 Å². The standard InChI is InChI=1S/C10H14N2O.C2H6/c1-2-5-10(13)12-8-9-6-3-4-7-11-9;1-2/h3-4,6-7H,2,5,8H2,1H3,(H,12,13);1-2H3. The van der Waals surface area contributed by atoms with E-state index < -0.39 is 0 Å². The highest BCUT2D eigenvalue weighted by Crippen LogP contribution is 1.93. The summed E-state index contributed by atoms with van der Waals surface area (Å²) in [5, 5.41) is 2.80. The zero-order chi connectivity index (χ0) is 11.5. The monoisotopic (exact) mass is 208 g/mol. The second kappa shape index (κ2) is 9.19. The van der Waals surface area contributed by atoms with Crippen LogP contribution in [0.2, 0.25) is 0 Å². The Labute approximate surface area is 91.9 Å². The molecule has 1 aromatic rings. The van der Waals surface area contributed by atoms with E-state index in [4.69, 9.17) is 0 Å². The molecule has 1 aromatic heterocycles. The summed E-state index contributed by atoms with van der Waals surface area (Å²) in [6, 6.07) is 5.66. The minimum Gasteiger partial charge on any atom is -0.350 e. The fourth-order valence-electron chi connectivity index (χ4n) is 1.01. The van der Waals surface area contributed by atoms with Gasteiger partial charge in [-0.15, -0.1) is 0 Å². The lowest BCUT2D eigenvalue weighted by atomic mass is 10.3. The smallest absolute Gasteiger partial charge is 0.220 e. The molecule has 0 bridgehead atoms. The van der Waals surface area contributed by atoms with Gasteiger partial charge >= 0.3 is 0 Å². The van der Waals surface area contributed by atoms with Crippen LogP contribution in [0.5, 0.6) is 0 Å². The van der Waals surface area contributed by atoms with Crippen molar-refractivity contribution >= 4 is 5.91 Å². The van der Waals surface area contributed by atoms with Crippen molar-refractivity contribution in [1.82, 2.24) is 10.3 Å². The van der Waals surface area contributed by atoms with Crippen molar-refractivity contribution < 1.29 is 4.79 Å². The van der Waals surface area contributed by atoms with E-state index in [0.29, 0.717) is 13.0 Å². The summed E-state index contributed by atoms with van der Waals surface area (Å²) in [5.41, 5.74) is 0.895. The van der Waals surface area contributed by atoms with Gasteiger partial charge in [0.25, 0.3) is 0 Å². The second-order valence-corrected chi connectivity index (χ2v) is 2.85. The highest BCUT2D eigenvalue weighted by molar-refractivity contribution is 5.75. The maximum Gasteiger partial charge on any atom is 0.220 e. The molecule has 0 aliphatic heterocycles. The van der Waals surface area contributed by atoms with Crippen LogP contribution in [-0.4, -0.2) is 10.9 Å². The largest absolute Gasteiger partial charge is 0.350 e. The van der Waals surface area contributed by atoms with Gasteiger partial charge in [-0.3, -0.25) is 9.78 Å². The number of aromatic nitrogens is 1. The molecule has 0 fully saturated rings. The summed E-state index contributed by atoms with van der Waals surface area (Å²) < 4.78 is 0. The minimum atomic E-state index is 0.0909. The topological polar surface area (TPSA) is 42.0 Å². The van der Waals surface area contributed by atoms with Gasteiger partial charge in [0.2, 0.25) is 5.91 Å². The molecule has 0 aromatic carbocycles. The summed E-state index contributed by atoms with van der Waals surface area (Å²) in [4.78, 5) is 15.2. The van der Waals surface area contributed by atoms with Crippen molar-refractivity contribution in [3.05, 3.63) is 30.1 Å². The molecule has 0 radical (unpaired) electrons. The van der Waals surface area contributed by atoms with E-state index in [2.05, 4.69) is 10.3 Å². The number of carbonyl (C=O) groups excluding carboxylic acids is 1. The number of hydrogen-bond donors (Lipinski definition) is 1. The summed E-state index contributed by atoms with van der Waals surface area (Å²) >= 11 is 0. The summed E-state index contributed by atoms with van der Waals surface area (Å²) in [6.07, 6.45) is 3.20. The quantitative estimate of drug-likeness (QED) is 0.826. The van der Waals surface area contributed by atoms with Crippen molar-refractivity contribution in [1.29, 1.82) is 0 Å². The van der Waals surface area contributed by atoms with E-state index in [0.717, 1.165) is 12.1 Å². The third-order valence-electron chi connectivity index (χ3n) is 1.67. The molecule has 0 saturated carbocycles. The molecule has 3 nitrogen and oxygen atoms in total. The van der Waals surface area contributed by atoms with Crippen LogP contribution in [0.1, 0.15) is 39.3 Å². The average Bonchev–Trinajstić information content (AvgIpc) is 2.31. The Morgan fingerprint density at radius 1 is 1.40 bits per heavy atom. The Morgan fingerprint density at radius 3 is 2.67 bits per heavy atom. The number of amides is 1. The fourth-order valence-corrected chi connectivity index (χ4v) is 1.01. The minimum absolute atomic E-state index is 0.0909. The molecule has 0 saturated heterocycles. The van der Waals surface area contributed by atoms with E-state index >= 15 is 0 Å². The van der Waals surface area contributed by atoms with E-state index in [1.54, 1.807) is 6.20 Å². The lowest BCUT2D eigenvalue weighted by molar-refractivity contribution is -0.121. The van der Waals surface area contributed by atoms with Gasteiger partial charge in [0, 0.05) is 12.6 Å². The number of hydrogen-bond acceptors (Lipinski definition) is 2. The normalized spacial score (nSPS) is 8.73. The van der Waals surface area contributed by atoms with Crippen LogP contribution in [0.3, 0.4) is 0 Å². The maximum absolute atomic E-state index is 11.1. The molecule has 0 atom stereocenters. The Morgan fingerprint density at radius 2 is 2.13 bits per heavy atom. The van der Waals surface area contributed by atoms with Gasteiger partial charge in [-0.25, -0.2) is 0 Å². The average molecular weight is 208 g/mol. The Balaban J connectivity index is 0.000000921. The molecule has 3 heteroatoms. The molecule has 1 rings (SSSR count). The molecular weight excluding hydrogens is 188 g/mol. The van der Waals surface area contributed by atoms with Crippen LogP contribution >= 0.6 is 0 Å². The maximum atomic E-state index is 11.1. The fraction of sp³-hybridized carbons (Fsp3) is 0.500. The molecule has 0 aliphatic rings. The summed E-state index contributed by atoms with van der Waals surface area (Å²) in [5.74, 6) is 0.0909. The highest BCUT2D eigenvalue weighted by Gasteiger charge is 1.98. The van der Waals surface area contributed by atoms with Gasteiger partial charge in [-0.1, -0.05) is 26.8 Å². The molecule has 1 N–H and O–H groups in total. The number of rotatable bonds is 4. The Hall–Kier alpha value is -1.38. The van der Waals surface area contributed by atoms with Crippen LogP contribution < -0.4 is 5.32 Å². The van der Waals surface area contributed by atoms with Gasteiger partial charge < -0.3 is 5.32 Å². The lowest BCUT2D eigenvalue weighted by Gasteiger charge is -2.02. The second-order valence-electron chi connectivity index (χ2n) is 2.85. The number of nitrogens with zero attached hydrogens (tertiary/aromatic N) is 1. The van der Waals surface area contributed by atoms with Crippen LogP contribution in [-0.2, 0) is 11.3 Å². The van der Waals surface area contributed by atoms with E-state index in [1.165, 1.54) is 0 Å². The van der Waals surface area contributed by atoms with Crippen LogP contribution in [0.25, 0.3) is 0 Å². The van der Waals surface area contributed by atoms with Crippen LogP contribution in [0, 0.1) is 0 Å². The van der Waals surface area contributed by atoms with Gasteiger partial charge in [-0.05, 0) is 18.6 Å². The lowest BCUT2D eigenvalue weighted by Crippen LogP contribution is -2.22. The molecule has 1 amide bonds. The molecule has 1 heterocycles. The molecule has 84 valence electrons. The van der Waals surface area contributed by atoms with Crippen molar-refractivity contribution in [2.24, 2.45) is 0 Å². The van der Waals surface area contributed by atoms with Crippen molar-refractivity contribution in [2.45, 2.75) is 40.2 Å². The number of carbonyl (C=O) groups is 1. The highest BCUT2D eigenvalue weighted by atomic mass is 16.1. The zero-order valence-corrected chi connectivity index (χ0v) is 9.79. The number of nitrogens with one attached hydrogen (secondary N) is 1. The van der Waals surface area contributed by atoms with Crippen molar-refractivity contribution in [3.8, 4) is 0 Å². The van der Waals surface area contributed by atoms with Crippen molar-refractivity contribution in [3.63, 3.8) is 0 Å². The first kappa shape index (κ1) is 13.6. The molecule has 0 unspecified atom stereocenters. The van der Waals surface area contributed by atoms with Gasteiger partial charge in [0.1, 0.15) is 0 Å². The predicted octanol–water partition coefficient (Wildman–Crippen LogP) is 2.52. The molecule has 0 spiro atoms. The molecular formula is C12H20N2O. The first-order valence-electron chi connectivity index (χ1n) is 5.49. The van der Waals surface area contributed by atoms with E-state index in [9.17, 15) is 4.79 Å². The van der Waals surface area contributed by atoms with Crippen molar-refractivity contribution in [2.75, 3.05) is 0 Å². The summed E-state index contributed by atoms with van der Waals surface area (Å²) in [6.45, 7) is 6.51. The summed E-state index contributed by atoms with van der Waals surface area (Å²) in [7, 11) is 0. The third kappa shape index (κ3) is 6.66. The SMILES string of the molecule is CC.CCCC(=O)NCc1ccccn1. The first-order valence-corrected chi connectivity index (χ1v) is 5.49. The van der Waals surface area contributed by atoms with Crippen LogP contribution in [0.4, 0.5) is 0 Å². The molecule has 15 heavy (non-hydrogen) atoms. The van der Waals surface area contributed by atoms with E-state index in [1.807, 2.05) is 39.0 Å². The Bertz CT molecular complexity index is 260. The van der Waals surface area contributed by atoms with Crippen LogP contribution in [0.15, 0.2) is 24.4 Å². The predicted molar refractivity (Wildman–Crippen MR) is 62.3 cm³/mol. The molecule has 0 aliphatic carbocycles. The third-order valence-corrected chi connectivity index (χ3v) is 1.67. The van der Waals surface area contributed by atoms with E-state index in [-0.39, 0.29) is 5.91 Å².